The number of carbonyl (C=O) groups excluding carboxylic acids is 2. The number of esters is 2. The molecular formula is C50H34O4. The van der Waals surface area contributed by atoms with Crippen molar-refractivity contribution in [3.05, 3.63) is 215 Å². The minimum Gasteiger partial charge on any atom is -0.422 e. The van der Waals surface area contributed by atoms with Gasteiger partial charge in [-0.15, -0.1) is 0 Å². The first kappa shape index (κ1) is 33.8. The summed E-state index contributed by atoms with van der Waals surface area (Å²) in [6, 6.07) is 58.5. The van der Waals surface area contributed by atoms with Crippen LogP contribution >= 0.6 is 0 Å². The molecule has 8 aromatic rings. The predicted molar refractivity (Wildman–Crippen MR) is 220 cm³/mol. The molecule has 54 heavy (non-hydrogen) atoms. The SMILES string of the molecule is O=C(Oc1ccccc1/C=C/c1ccc2ccccc2c1-c1c(/C=C/c2ccccc2OC(=O)c2ccccc2)ccc2ccccc12)c1ccccc1. The van der Waals surface area contributed by atoms with Crippen LogP contribution in [-0.4, -0.2) is 11.9 Å². The summed E-state index contributed by atoms with van der Waals surface area (Å²) in [6.07, 6.45) is 8.17. The van der Waals surface area contributed by atoms with E-state index in [4.69, 9.17) is 9.47 Å². The molecule has 0 spiro atoms. The molecule has 4 nitrogen and oxygen atoms in total. The van der Waals surface area contributed by atoms with Gasteiger partial charge in [0.2, 0.25) is 0 Å². The minimum absolute atomic E-state index is 0.411. The Morgan fingerprint density at radius 1 is 0.333 bits per heavy atom. The molecule has 0 aliphatic carbocycles. The molecular weight excluding hydrogens is 665 g/mol. The zero-order chi connectivity index (χ0) is 36.7. The van der Waals surface area contributed by atoms with Crippen molar-refractivity contribution in [2.75, 3.05) is 0 Å². The molecule has 0 amide bonds. The summed E-state index contributed by atoms with van der Waals surface area (Å²) in [5, 5.41) is 4.43. The maximum Gasteiger partial charge on any atom is 0.343 e. The predicted octanol–water partition coefficient (Wildman–Crippen LogP) is 12.4. The molecule has 0 atom stereocenters. The van der Waals surface area contributed by atoms with E-state index in [9.17, 15) is 9.59 Å². The lowest BCUT2D eigenvalue weighted by Gasteiger charge is -2.17. The highest BCUT2D eigenvalue weighted by molar-refractivity contribution is 6.11. The molecule has 8 rings (SSSR count). The molecule has 8 aromatic carbocycles. The van der Waals surface area contributed by atoms with Gasteiger partial charge in [0, 0.05) is 11.1 Å². The van der Waals surface area contributed by atoms with Crippen LogP contribution < -0.4 is 9.47 Å². The van der Waals surface area contributed by atoms with Crippen molar-refractivity contribution in [3.8, 4) is 22.6 Å². The van der Waals surface area contributed by atoms with Gasteiger partial charge in [-0.1, -0.05) is 170 Å². The standard InChI is InChI=1S/C50H34O4/c51-49(41-19-3-1-4-20-41)53-45-25-13-9-17-37(45)29-33-39-31-27-35-15-7-11-23-43(35)47(39)48-40(32-28-36-16-8-12-24-44(36)48)34-30-38-18-10-14-26-46(38)54-50(52)42-21-5-2-6-22-42/h1-34H/b33-29+,34-30+. The third-order valence-electron chi connectivity index (χ3n) is 9.32. The van der Waals surface area contributed by atoms with Gasteiger partial charge in [0.05, 0.1) is 11.1 Å². The van der Waals surface area contributed by atoms with Crippen LogP contribution in [0.25, 0.3) is 57.0 Å². The Bertz CT molecular complexity index is 2500. The van der Waals surface area contributed by atoms with Crippen LogP contribution in [0.2, 0.25) is 0 Å². The fraction of sp³-hybridized carbons (Fsp3) is 0. The van der Waals surface area contributed by atoms with Crippen molar-refractivity contribution < 1.29 is 19.1 Å². The van der Waals surface area contributed by atoms with Crippen LogP contribution in [0.5, 0.6) is 11.5 Å². The fourth-order valence-electron chi connectivity index (χ4n) is 6.66. The highest BCUT2D eigenvalue weighted by atomic mass is 16.5. The average Bonchev–Trinajstić information content (AvgIpc) is 3.23. The monoisotopic (exact) mass is 698 g/mol. The first-order valence-electron chi connectivity index (χ1n) is 17.7. The highest BCUT2D eigenvalue weighted by Gasteiger charge is 2.17. The van der Waals surface area contributed by atoms with Gasteiger partial charge in [0.25, 0.3) is 0 Å². The average molecular weight is 699 g/mol. The third kappa shape index (κ3) is 7.22. The van der Waals surface area contributed by atoms with E-state index in [1.807, 2.05) is 97.1 Å². The van der Waals surface area contributed by atoms with Crippen LogP contribution in [0, 0.1) is 0 Å². The highest BCUT2D eigenvalue weighted by Crippen LogP contribution is 2.41. The molecule has 4 heteroatoms. The maximum atomic E-state index is 13.0. The zero-order valence-corrected chi connectivity index (χ0v) is 29.3. The van der Waals surface area contributed by atoms with Gasteiger partial charge in [-0.3, -0.25) is 0 Å². The lowest BCUT2D eigenvalue weighted by molar-refractivity contribution is 0.0725. The molecule has 0 heterocycles. The molecule has 0 fully saturated rings. The first-order chi connectivity index (χ1) is 26.6. The Balaban J connectivity index is 1.23. The second-order valence-electron chi connectivity index (χ2n) is 12.8. The smallest absolute Gasteiger partial charge is 0.343 e. The normalized spacial score (nSPS) is 11.3. The summed E-state index contributed by atoms with van der Waals surface area (Å²) in [5.74, 6) is 0.133. The fourth-order valence-corrected chi connectivity index (χ4v) is 6.66. The van der Waals surface area contributed by atoms with Gasteiger partial charge >= 0.3 is 11.9 Å². The molecule has 0 aliphatic heterocycles. The summed E-state index contributed by atoms with van der Waals surface area (Å²) in [7, 11) is 0. The molecule has 0 aliphatic rings. The van der Waals surface area contributed by atoms with Gasteiger partial charge in [-0.05, 0) is 80.2 Å². The van der Waals surface area contributed by atoms with Gasteiger partial charge in [-0.2, -0.15) is 0 Å². The van der Waals surface area contributed by atoms with E-state index < -0.39 is 11.9 Å². The number of hydrogen-bond acceptors (Lipinski definition) is 4. The van der Waals surface area contributed by atoms with E-state index in [1.54, 1.807) is 24.3 Å². The van der Waals surface area contributed by atoms with Crippen LogP contribution in [0.3, 0.4) is 0 Å². The van der Waals surface area contributed by atoms with Gasteiger partial charge in [0.15, 0.2) is 0 Å². The van der Waals surface area contributed by atoms with Crippen LogP contribution in [0.15, 0.2) is 182 Å². The molecule has 258 valence electrons. The van der Waals surface area contributed by atoms with Crippen molar-refractivity contribution in [1.82, 2.24) is 0 Å². The zero-order valence-electron chi connectivity index (χ0n) is 29.3. The van der Waals surface area contributed by atoms with Crippen molar-refractivity contribution in [2.24, 2.45) is 0 Å². The van der Waals surface area contributed by atoms with Gasteiger partial charge in [-0.25, -0.2) is 9.59 Å². The molecule has 0 radical (unpaired) electrons. The molecule has 0 N–H and O–H groups in total. The topological polar surface area (TPSA) is 52.6 Å². The van der Waals surface area contributed by atoms with E-state index in [0.717, 1.165) is 54.9 Å². The number of ether oxygens (including phenoxy) is 2. The van der Waals surface area contributed by atoms with Crippen LogP contribution in [0.1, 0.15) is 43.0 Å². The maximum absolute atomic E-state index is 13.0. The Hall–Kier alpha value is -7.30. The van der Waals surface area contributed by atoms with Crippen LogP contribution in [0.4, 0.5) is 0 Å². The number of fused-ring (bicyclic) bond motifs is 2. The minimum atomic E-state index is -0.411. The number of carbonyl (C=O) groups is 2. The summed E-state index contributed by atoms with van der Waals surface area (Å²) in [5.41, 5.74) is 6.68. The van der Waals surface area contributed by atoms with E-state index in [-0.39, 0.29) is 0 Å². The lowest BCUT2D eigenvalue weighted by atomic mass is 9.86. The first-order valence-corrected chi connectivity index (χ1v) is 17.7. The Labute approximate surface area is 313 Å². The summed E-state index contributed by atoms with van der Waals surface area (Å²) >= 11 is 0. The Morgan fingerprint density at radius 2 is 0.685 bits per heavy atom. The summed E-state index contributed by atoms with van der Waals surface area (Å²) in [6.45, 7) is 0. The van der Waals surface area contributed by atoms with Crippen molar-refractivity contribution in [3.63, 3.8) is 0 Å². The van der Waals surface area contributed by atoms with E-state index >= 15 is 0 Å². The number of para-hydroxylation sites is 2. The lowest BCUT2D eigenvalue weighted by Crippen LogP contribution is -2.08. The third-order valence-corrected chi connectivity index (χ3v) is 9.32. The molecule has 0 unspecified atom stereocenters. The summed E-state index contributed by atoms with van der Waals surface area (Å²) < 4.78 is 11.8. The van der Waals surface area contributed by atoms with Gasteiger partial charge < -0.3 is 9.47 Å². The number of rotatable bonds is 9. The van der Waals surface area contributed by atoms with E-state index in [1.165, 1.54) is 0 Å². The van der Waals surface area contributed by atoms with Crippen LogP contribution in [-0.2, 0) is 0 Å². The quantitative estimate of drug-likeness (QED) is 0.0855. The van der Waals surface area contributed by atoms with E-state index in [0.29, 0.717) is 22.6 Å². The second kappa shape index (κ2) is 15.5. The van der Waals surface area contributed by atoms with Gasteiger partial charge in [0.1, 0.15) is 11.5 Å². The second-order valence-corrected chi connectivity index (χ2v) is 12.8. The van der Waals surface area contributed by atoms with E-state index in [2.05, 4.69) is 84.9 Å². The largest absolute Gasteiger partial charge is 0.422 e. The molecule has 0 bridgehead atoms. The number of benzene rings is 8. The molecule has 0 saturated heterocycles. The van der Waals surface area contributed by atoms with Crippen molar-refractivity contribution >= 4 is 57.8 Å². The Kier molecular flexibility index (Phi) is 9.72. The van der Waals surface area contributed by atoms with Crippen molar-refractivity contribution in [1.29, 1.82) is 0 Å². The molecule has 0 aromatic heterocycles. The van der Waals surface area contributed by atoms with Crippen molar-refractivity contribution in [2.45, 2.75) is 0 Å². The summed E-state index contributed by atoms with van der Waals surface area (Å²) in [4.78, 5) is 26.0. The number of hydrogen-bond donors (Lipinski definition) is 0. The molecule has 0 saturated carbocycles. The Morgan fingerprint density at radius 3 is 1.13 bits per heavy atom.